The first-order chi connectivity index (χ1) is 8.22. The van der Waals surface area contributed by atoms with E-state index in [1.165, 1.54) is 0 Å². The lowest BCUT2D eigenvalue weighted by Crippen LogP contribution is -2.39. The maximum Gasteiger partial charge on any atom is 0.173 e. The van der Waals surface area contributed by atoms with Crippen LogP contribution in [0, 0.1) is 5.92 Å². The van der Waals surface area contributed by atoms with Crippen LogP contribution in [-0.2, 0) is 16.1 Å². The molecule has 0 bridgehead atoms. The molecule has 1 aliphatic rings. The minimum atomic E-state index is -0.428. The molecule has 1 saturated heterocycles. The molecule has 0 unspecified atom stereocenters. The largest absolute Gasteiger partial charge is 0.396 e. The van der Waals surface area contributed by atoms with Crippen LogP contribution in [0.2, 0.25) is 0 Å². The standard InChI is InChI=1S/C13H19NO3/c1-9-11(7-15)12(14)13(17-9)16-8-10-5-3-2-4-6-10/h2-6,9,11-13,15H,7-8,14H2,1H3/t9-,11-,12-,13+/m1/s1. The Hall–Kier alpha value is -0.940. The third kappa shape index (κ3) is 2.84. The number of hydrogen-bond donors (Lipinski definition) is 2. The van der Waals surface area contributed by atoms with Crippen LogP contribution in [0.5, 0.6) is 0 Å². The van der Waals surface area contributed by atoms with Crippen LogP contribution in [0.15, 0.2) is 30.3 Å². The van der Waals surface area contributed by atoms with Crippen LogP contribution in [-0.4, -0.2) is 30.1 Å². The van der Waals surface area contributed by atoms with E-state index in [1.54, 1.807) is 0 Å². The zero-order valence-corrected chi connectivity index (χ0v) is 9.95. The maximum absolute atomic E-state index is 9.19. The van der Waals surface area contributed by atoms with Gasteiger partial charge in [-0.15, -0.1) is 0 Å². The number of ether oxygens (including phenoxy) is 2. The van der Waals surface area contributed by atoms with Crippen molar-refractivity contribution >= 4 is 0 Å². The van der Waals surface area contributed by atoms with E-state index >= 15 is 0 Å². The highest BCUT2D eigenvalue weighted by molar-refractivity contribution is 5.13. The van der Waals surface area contributed by atoms with Gasteiger partial charge in [-0.3, -0.25) is 0 Å². The van der Waals surface area contributed by atoms with E-state index in [0.29, 0.717) is 6.61 Å². The number of hydrogen-bond acceptors (Lipinski definition) is 4. The van der Waals surface area contributed by atoms with Crippen molar-refractivity contribution in [3.63, 3.8) is 0 Å². The molecule has 4 nitrogen and oxygen atoms in total. The second-order valence-corrected chi connectivity index (χ2v) is 4.43. The Bertz CT molecular complexity index is 344. The van der Waals surface area contributed by atoms with Gasteiger partial charge in [-0.1, -0.05) is 30.3 Å². The van der Waals surface area contributed by atoms with Gasteiger partial charge in [-0.2, -0.15) is 0 Å². The Labute approximate surface area is 101 Å². The quantitative estimate of drug-likeness (QED) is 0.816. The molecule has 2 rings (SSSR count). The highest BCUT2D eigenvalue weighted by atomic mass is 16.7. The van der Waals surface area contributed by atoms with E-state index in [0.717, 1.165) is 5.56 Å². The predicted molar refractivity (Wildman–Crippen MR) is 64.1 cm³/mol. The van der Waals surface area contributed by atoms with E-state index < -0.39 is 6.29 Å². The number of nitrogens with two attached hydrogens (primary N) is 1. The topological polar surface area (TPSA) is 64.7 Å². The van der Waals surface area contributed by atoms with Crippen LogP contribution < -0.4 is 5.73 Å². The van der Waals surface area contributed by atoms with Crippen molar-refractivity contribution in [2.75, 3.05) is 6.61 Å². The van der Waals surface area contributed by atoms with Gasteiger partial charge in [-0.05, 0) is 12.5 Å². The van der Waals surface area contributed by atoms with Crippen molar-refractivity contribution in [2.45, 2.75) is 32.0 Å². The molecule has 0 saturated carbocycles. The molecule has 0 spiro atoms. The van der Waals surface area contributed by atoms with Gasteiger partial charge in [0.2, 0.25) is 0 Å². The summed E-state index contributed by atoms with van der Waals surface area (Å²) in [6.07, 6.45) is -0.488. The molecule has 0 radical (unpaired) electrons. The summed E-state index contributed by atoms with van der Waals surface area (Å²) in [5, 5.41) is 9.19. The zero-order valence-electron chi connectivity index (χ0n) is 9.95. The fraction of sp³-hybridized carbons (Fsp3) is 0.538. The summed E-state index contributed by atoms with van der Waals surface area (Å²) in [4.78, 5) is 0. The average molecular weight is 237 g/mol. The number of benzene rings is 1. The highest BCUT2D eigenvalue weighted by Gasteiger charge is 2.40. The van der Waals surface area contributed by atoms with Gasteiger partial charge in [0.15, 0.2) is 6.29 Å². The molecular formula is C13H19NO3. The van der Waals surface area contributed by atoms with E-state index in [4.69, 9.17) is 15.2 Å². The van der Waals surface area contributed by atoms with Crippen LogP contribution >= 0.6 is 0 Å². The molecular weight excluding hydrogens is 218 g/mol. The van der Waals surface area contributed by atoms with Gasteiger partial charge in [0.1, 0.15) is 0 Å². The molecule has 1 aromatic carbocycles. The molecule has 4 atom stereocenters. The fourth-order valence-corrected chi connectivity index (χ4v) is 2.09. The summed E-state index contributed by atoms with van der Waals surface area (Å²) >= 11 is 0. The lowest BCUT2D eigenvalue weighted by atomic mass is 9.99. The van der Waals surface area contributed by atoms with Crippen molar-refractivity contribution < 1.29 is 14.6 Å². The van der Waals surface area contributed by atoms with Crippen LogP contribution in [0.1, 0.15) is 12.5 Å². The molecule has 0 aromatic heterocycles. The van der Waals surface area contributed by atoms with Crippen LogP contribution in [0.3, 0.4) is 0 Å². The maximum atomic E-state index is 9.19. The molecule has 1 aliphatic heterocycles. The minimum Gasteiger partial charge on any atom is -0.396 e. The van der Waals surface area contributed by atoms with Crippen LogP contribution in [0.4, 0.5) is 0 Å². The first-order valence-electron chi connectivity index (χ1n) is 5.90. The highest BCUT2D eigenvalue weighted by Crippen LogP contribution is 2.26. The smallest absolute Gasteiger partial charge is 0.173 e. The van der Waals surface area contributed by atoms with Gasteiger partial charge >= 0.3 is 0 Å². The van der Waals surface area contributed by atoms with Gasteiger partial charge in [0.25, 0.3) is 0 Å². The molecule has 1 heterocycles. The molecule has 94 valence electrons. The lowest BCUT2D eigenvalue weighted by molar-refractivity contribution is -0.142. The summed E-state index contributed by atoms with van der Waals surface area (Å²) in [5.74, 6) is -0.0456. The predicted octanol–water partition coefficient (Wildman–Crippen LogP) is 0.884. The Morgan fingerprint density at radius 2 is 2.06 bits per heavy atom. The van der Waals surface area contributed by atoms with E-state index in [-0.39, 0.29) is 24.7 Å². The van der Waals surface area contributed by atoms with Crippen LogP contribution in [0.25, 0.3) is 0 Å². The van der Waals surface area contributed by atoms with E-state index in [2.05, 4.69) is 0 Å². The summed E-state index contributed by atoms with van der Waals surface area (Å²) in [5.41, 5.74) is 7.06. The third-order valence-corrected chi connectivity index (χ3v) is 3.23. The summed E-state index contributed by atoms with van der Waals surface area (Å²) in [7, 11) is 0. The summed E-state index contributed by atoms with van der Waals surface area (Å²) in [6, 6.07) is 9.62. The summed E-state index contributed by atoms with van der Waals surface area (Å²) < 4.78 is 11.2. The average Bonchev–Trinajstić information content (AvgIpc) is 2.63. The molecule has 0 aliphatic carbocycles. The number of rotatable bonds is 4. The molecule has 4 heteroatoms. The van der Waals surface area contributed by atoms with Gasteiger partial charge < -0.3 is 20.3 Å². The number of aliphatic hydroxyl groups excluding tert-OH is 1. The Morgan fingerprint density at radius 3 is 2.65 bits per heavy atom. The Morgan fingerprint density at radius 1 is 1.35 bits per heavy atom. The molecule has 3 N–H and O–H groups in total. The van der Waals surface area contributed by atoms with Crippen molar-refractivity contribution in [1.29, 1.82) is 0 Å². The molecule has 1 fully saturated rings. The first-order valence-corrected chi connectivity index (χ1v) is 5.90. The van der Waals surface area contributed by atoms with Crippen molar-refractivity contribution in [1.82, 2.24) is 0 Å². The second kappa shape index (κ2) is 5.60. The van der Waals surface area contributed by atoms with Gasteiger partial charge in [0.05, 0.1) is 25.4 Å². The van der Waals surface area contributed by atoms with Crippen molar-refractivity contribution in [2.24, 2.45) is 11.7 Å². The number of aliphatic hydroxyl groups is 1. The zero-order chi connectivity index (χ0) is 12.3. The van der Waals surface area contributed by atoms with E-state index in [1.807, 2.05) is 37.3 Å². The van der Waals surface area contributed by atoms with E-state index in [9.17, 15) is 5.11 Å². The SMILES string of the molecule is C[C@H]1O[C@H](OCc2ccccc2)[C@H](N)[C@@H]1CO. The Balaban J connectivity index is 1.88. The Kier molecular flexibility index (Phi) is 4.12. The van der Waals surface area contributed by atoms with Crippen molar-refractivity contribution in [3.8, 4) is 0 Å². The molecule has 17 heavy (non-hydrogen) atoms. The monoisotopic (exact) mass is 237 g/mol. The normalized spacial score (nSPS) is 32.9. The second-order valence-electron chi connectivity index (χ2n) is 4.43. The van der Waals surface area contributed by atoms with Gasteiger partial charge in [0, 0.05) is 5.92 Å². The lowest BCUT2D eigenvalue weighted by Gasteiger charge is -2.17. The molecule has 1 aromatic rings. The minimum absolute atomic E-state index is 0.0352. The van der Waals surface area contributed by atoms with Crippen molar-refractivity contribution in [3.05, 3.63) is 35.9 Å². The summed E-state index contributed by atoms with van der Waals surface area (Å²) in [6.45, 7) is 2.42. The molecule has 0 amide bonds. The fourth-order valence-electron chi connectivity index (χ4n) is 2.09. The van der Waals surface area contributed by atoms with Gasteiger partial charge in [-0.25, -0.2) is 0 Å². The first kappa shape index (κ1) is 12.5. The third-order valence-electron chi connectivity index (χ3n) is 3.23.